The minimum absolute atomic E-state index is 0.392. The van der Waals surface area contributed by atoms with Crippen molar-refractivity contribution in [3.05, 3.63) is 42.0 Å². The smallest absolute Gasteiger partial charge is 0.247 e. The largest absolute Gasteiger partial charge is 0.496 e. The second-order valence-electron chi connectivity index (χ2n) is 6.31. The summed E-state index contributed by atoms with van der Waals surface area (Å²) >= 11 is 1.50. The molecule has 1 atom stereocenters. The van der Waals surface area contributed by atoms with Gasteiger partial charge in [0.05, 0.1) is 26.9 Å². The highest BCUT2D eigenvalue weighted by Gasteiger charge is 2.30. The van der Waals surface area contributed by atoms with Crippen LogP contribution in [0.5, 0.6) is 23.1 Å². The molecule has 0 saturated heterocycles. The Balaban J connectivity index is 1.89. The number of methoxy groups -OCH3 is 3. The molecule has 30 heavy (non-hydrogen) atoms. The summed E-state index contributed by atoms with van der Waals surface area (Å²) in [7, 11) is 4.78. The Hall–Kier alpha value is -3.20. The van der Waals surface area contributed by atoms with Crippen molar-refractivity contribution >= 4 is 17.4 Å². The summed E-state index contributed by atoms with van der Waals surface area (Å²) in [6.07, 6.45) is -0.639. The average molecular weight is 426 g/mol. The first-order chi connectivity index (χ1) is 14.7. The topological polar surface area (TPSA) is 87.6 Å². The zero-order valence-electron chi connectivity index (χ0n) is 17.1. The van der Waals surface area contributed by atoms with Crippen molar-refractivity contribution in [2.24, 2.45) is 0 Å². The minimum atomic E-state index is -0.639. The molecule has 1 unspecified atom stereocenters. The molecule has 0 saturated carbocycles. The maximum atomic E-state index is 6.33. The lowest BCUT2D eigenvalue weighted by atomic mass is 10.1. The quantitative estimate of drug-likeness (QED) is 0.583. The lowest BCUT2D eigenvalue weighted by Gasteiger charge is -2.23. The number of hydrogen-bond acceptors (Lipinski definition) is 9. The molecule has 1 N–H and O–H groups in total. The molecule has 2 aromatic carbocycles. The predicted octanol–water partition coefficient (Wildman–Crippen LogP) is 4.18. The van der Waals surface area contributed by atoms with Gasteiger partial charge >= 0.3 is 0 Å². The van der Waals surface area contributed by atoms with Crippen LogP contribution in [0.4, 0.5) is 5.69 Å². The first kappa shape index (κ1) is 20.1. The summed E-state index contributed by atoms with van der Waals surface area (Å²) in [6.45, 7) is 2.04. The molecule has 156 valence electrons. The van der Waals surface area contributed by atoms with Crippen LogP contribution in [0, 0.1) is 0 Å². The average Bonchev–Trinajstić information content (AvgIpc) is 2.94. The number of ether oxygens (including phenoxy) is 4. The standard InChI is InChI=1S/C21H22N4O4S/c1-5-30-21-23-20-18(24-25-21)13-8-6-7-9-14(13)22-19(29-20)17-15(27-3)10-12(26-2)11-16(17)28-4/h6-11,19,22H,5H2,1-4H3. The van der Waals surface area contributed by atoms with Gasteiger partial charge in [-0.15, -0.1) is 10.2 Å². The highest BCUT2D eigenvalue weighted by atomic mass is 32.2. The highest BCUT2D eigenvalue weighted by Crippen LogP contribution is 2.45. The van der Waals surface area contributed by atoms with Crippen molar-refractivity contribution < 1.29 is 18.9 Å². The highest BCUT2D eigenvalue weighted by molar-refractivity contribution is 7.99. The molecule has 0 bridgehead atoms. The lowest BCUT2D eigenvalue weighted by molar-refractivity contribution is 0.213. The van der Waals surface area contributed by atoms with E-state index in [9.17, 15) is 0 Å². The molecule has 0 spiro atoms. The fourth-order valence-electron chi connectivity index (χ4n) is 3.26. The summed E-state index contributed by atoms with van der Waals surface area (Å²) in [4.78, 5) is 4.60. The molecule has 2 heterocycles. The summed E-state index contributed by atoms with van der Waals surface area (Å²) in [5, 5.41) is 12.6. The van der Waals surface area contributed by atoms with Crippen LogP contribution in [-0.2, 0) is 0 Å². The number of rotatable bonds is 6. The van der Waals surface area contributed by atoms with E-state index in [1.165, 1.54) is 11.8 Å². The Morgan fingerprint density at radius 1 is 1.03 bits per heavy atom. The van der Waals surface area contributed by atoms with Gasteiger partial charge in [0.15, 0.2) is 5.69 Å². The van der Waals surface area contributed by atoms with Crippen LogP contribution < -0.4 is 24.3 Å². The number of thioether (sulfide) groups is 1. The number of anilines is 1. The van der Waals surface area contributed by atoms with Crippen LogP contribution in [-0.4, -0.2) is 42.3 Å². The number of aromatic nitrogens is 3. The second kappa shape index (κ2) is 8.66. The van der Waals surface area contributed by atoms with Crippen molar-refractivity contribution in [3.63, 3.8) is 0 Å². The predicted molar refractivity (Wildman–Crippen MR) is 115 cm³/mol. The van der Waals surface area contributed by atoms with Crippen LogP contribution in [0.15, 0.2) is 41.6 Å². The van der Waals surface area contributed by atoms with Gasteiger partial charge in [-0.25, -0.2) is 0 Å². The van der Waals surface area contributed by atoms with E-state index >= 15 is 0 Å². The van der Waals surface area contributed by atoms with Gasteiger partial charge in [-0.3, -0.25) is 0 Å². The Bertz CT molecular complexity index is 1040. The second-order valence-corrected chi connectivity index (χ2v) is 7.55. The Morgan fingerprint density at radius 3 is 2.43 bits per heavy atom. The van der Waals surface area contributed by atoms with Crippen molar-refractivity contribution in [3.8, 4) is 34.4 Å². The molecular weight excluding hydrogens is 404 g/mol. The maximum Gasteiger partial charge on any atom is 0.247 e. The zero-order chi connectivity index (χ0) is 21.1. The lowest BCUT2D eigenvalue weighted by Crippen LogP contribution is -2.19. The van der Waals surface area contributed by atoms with Crippen molar-refractivity contribution in [1.82, 2.24) is 15.2 Å². The van der Waals surface area contributed by atoms with Crippen molar-refractivity contribution in [2.75, 3.05) is 32.4 Å². The van der Waals surface area contributed by atoms with E-state index in [0.29, 0.717) is 39.5 Å². The van der Waals surface area contributed by atoms with Gasteiger partial charge in [0.2, 0.25) is 17.3 Å². The summed E-state index contributed by atoms with van der Waals surface area (Å²) in [6, 6.07) is 11.4. The van der Waals surface area contributed by atoms with Gasteiger partial charge < -0.3 is 24.3 Å². The van der Waals surface area contributed by atoms with Crippen LogP contribution in [0.2, 0.25) is 0 Å². The van der Waals surface area contributed by atoms with E-state index in [-0.39, 0.29) is 0 Å². The van der Waals surface area contributed by atoms with Gasteiger partial charge in [0.25, 0.3) is 0 Å². The zero-order valence-corrected chi connectivity index (χ0v) is 17.9. The van der Waals surface area contributed by atoms with Crippen LogP contribution in [0.1, 0.15) is 18.7 Å². The number of fused-ring (bicyclic) bond motifs is 3. The van der Waals surface area contributed by atoms with Crippen LogP contribution >= 0.6 is 11.8 Å². The summed E-state index contributed by atoms with van der Waals surface area (Å²) < 4.78 is 23.0. The molecule has 0 amide bonds. The molecular formula is C21H22N4O4S. The molecule has 0 fully saturated rings. The van der Waals surface area contributed by atoms with E-state index < -0.39 is 6.23 Å². The van der Waals surface area contributed by atoms with Gasteiger partial charge in [0.1, 0.15) is 17.2 Å². The van der Waals surface area contributed by atoms with Crippen molar-refractivity contribution in [2.45, 2.75) is 18.3 Å². The van der Waals surface area contributed by atoms with Crippen LogP contribution in [0.25, 0.3) is 11.3 Å². The van der Waals surface area contributed by atoms with Gasteiger partial charge in [0, 0.05) is 23.4 Å². The first-order valence-corrected chi connectivity index (χ1v) is 10.4. The first-order valence-electron chi connectivity index (χ1n) is 9.38. The Morgan fingerprint density at radius 2 is 1.77 bits per heavy atom. The number of benzene rings is 2. The fourth-order valence-corrected chi connectivity index (χ4v) is 3.76. The van der Waals surface area contributed by atoms with Gasteiger partial charge in [-0.2, -0.15) is 4.98 Å². The van der Waals surface area contributed by atoms with Gasteiger partial charge in [-0.1, -0.05) is 36.9 Å². The molecule has 4 rings (SSSR count). The SMILES string of the molecule is CCSc1nnc2c(n1)OC(c1c(OC)cc(OC)cc1OC)Nc1ccccc1-2. The Kier molecular flexibility index (Phi) is 5.80. The Labute approximate surface area is 178 Å². The number of nitrogens with zero attached hydrogens (tertiary/aromatic N) is 3. The number of hydrogen-bond donors (Lipinski definition) is 1. The van der Waals surface area contributed by atoms with E-state index in [4.69, 9.17) is 18.9 Å². The maximum absolute atomic E-state index is 6.33. The minimum Gasteiger partial charge on any atom is -0.496 e. The fraction of sp³-hybridized carbons (Fsp3) is 0.286. The van der Waals surface area contributed by atoms with E-state index in [1.807, 2.05) is 31.2 Å². The summed E-state index contributed by atoms with van der Waals surface area (Å²) in [5.74, 6) is 2.97. The molecule has 0 aliphatic carbocycles. The van der Waals surface area contributed by atoms with E-state index in [2.05, 4.69) is 20.5 Å². The summed E-state index contributed by atoms with van der Waals surface area (Å²) in [5.41, 5.74) is 2.96. The number of nitrogens with one attached hydrogen (secondary N) is 1. The van der Waals surface area contributed by atoms with E-state index in [1.54, 1.807) is 33.5 Å². The normalized spacial score (nSPS) is 14.5. The van der Waals surface area contributed by atoms with Gasteiger partial charge in [-0.05, 0) is 11.8 Å². The monoisotopic (exact) mass is 426 g/mol. The molecule has 8 nitrogen and oxygen atoms in total. The molecule has 0 radical (unpaired) electrons. The van der Waals surface area contributed by atoms with E-state index in [0.717, 1.165) is 17.0 Å². The molecule has 1 aliphatic rings. The molecule has 9 heteroatoms. The third kappa shape index (κ3) is 3.68. The molecule has 1 aliphatic heterocycles. The third-order valence-electron chi connectivity index (χ3n) is 4.62. The molecule has 3 aromatic rings. The third-order valence-corrected chi connectivity index (χ3v) is 5.34. The number of para-hydroxylation sites is 1. The molecule has 1 aromatic heterocycles. The van der Waals surface area contributed by atoms with Crippen LogP contribution in [0.3, 0.4) is 0 Å². The van der Waals surface area contributed by atoms with Crippen molar-refractivity contribution in [1.29, 1.82) is 0 Å².